The summed E-state index contributed by atoms with van der Waals surface area (Å²) in [5, 5.41) is 28.2. The second-order valence-corrected chi connectivity index (χ2v) is 4.52. The predicted molar refractivity (Wildman–Crippen MR) is 64.6 cm³/mol. The molecule has 0 aliphatic carbocycles. The number of benzene rings is 1. The number of rotatable bonds is 4. The van der Waals surface area contributed by atoms with Gasteiger partial charge < -0.3 is 20.2 Å². The third-order valence-electron chi connectivity index (χ3n) is 3.43. The summed E-state index contributed by atoms with van der Waals surface area (Å²) in [5.74, 6) is -0.413. The quantitative estimate of drug-likeness (QED) is 0.640. The third-order valence-corrected chi connectivity index (χ3v) is 3.43. The fraction of sp³-hybridized carbons (Fsp3) is 0.462. The maximum absolute atomic E-state index is 11.7. The summed E-state index contributed by atoms with van der Waals surface area (Å²) in [7, 11) is 0. The molecule has 1 aromatic carbocycles. The summed E-state index contributed by atoms with van der Waals surface area (Å²) >= 11 is 0. The van der Waals surface area contributed by atoms with E-state index in [-0.39, 0.29) is 6.04 Å². The molecule has 1 heterocycles. The zero-order valence-corrected chi connectivity index (χ0v) is 10.1. The third kappa shape index (κ3) is 2.01. The molecule has 0 unspecified atom stereocenters. The molecule has 1 aromatic rings. The van der Waals surface area contributed by atoms with Crippen molar-refractivity contribution < 1.29 is 20.1 Å². The number of aliphatic hydroxyl groups excluding tert-OH is 3. The smallest absolute Gasteiger partial charge is 0.254 e. The average molecular weight is 251 g/mol. The van der Waals surface area contributed by atoms with Gasteiger partial charge in [0.15, 0.2) is 6.10 Å². The molecule has 1 saturated heterocycles. The van der Waals surface area contributed by atoms with Crippen LogP contribution in [0.4, 0.5) is 0 Å². The van der Waals surface area contributed by atoms with Gasteiger partial charge in [-0.2, -0.15) is 0 Å². The maximum atomic E-state index is 11.7. The molecule has 0 aromatic heterocycles. The van der Waals surface area contributed by atoms with Crippen molar-refractivity contribution in [3.05, 3.63) is 35.9 Å². The molecule has 1 fully saturated rings. The molecular weight excluding hydrogens is 234 g/mol. The Kier molecular flexibility index (Phi) is 3.65. The van der Waals surface area contributed by atoms with Gasteiger partial charge in [0, 0.05) is 0 Å². The van der Waals surface area contributed by atoms with Crippen molar-refractivity contribution in [2.45, 2.75) is 31.2 Å². The van der Waals surface area contributed by atoms with E-state index in [0.717, 1.165) is 5.56 Å². The monoisotopic (exact) mass is 251 g/mol. The van der Waals surface area contributed by atoms with Gasteiger partial charge >= 0.3 is 0 Å². The highest BCUT2D eigenvalue weighted by Gasteiger charge is 2.51. The molecule has 1 aliphatic rings. The lowest BCUT2D eigenvalue weighted by atomic mass is 9.89. The van der Waals surface area contributed by atoms with Crippen LogP contribution < -0.4 is 0 Å². The van der Waals surface area contributed by atoms with Gasteiger partial charge in [-0.3, -0.25) is 4.79 Å². The largest absolute Gasteiger partial charge is 0.394 e. The number of nitrogens with zero attached hydrogens (tertiary/aromatic N) is 1. The van der Waals surface area contributed by atoms with E-state index in [4.69, 9.17) is 5.11 Å². The first-order chi connectivity index (χ1) is 8.57. The molecule has 1 amide bonds. The van der Waals surface area contributed by atoms with Gasteiger partial charge in [0.1, 0.15) is 6.10 Å². The first-order valence-electron chi connectivity index (χ1n) is 5.92. The lowest BCUT2D eigenvalue weighted by Gasteiger charge is -2.49. The topological polar surface area (TPSA) is 81.0 Å². The molecule has 3 N–H and O–H groups in total. The molecule has 0 spiro atoms. The molecule has 1 aliphatic heterocycles. The van der Waals surface area contributed by atoms with Crippen molar-refractivity contribution in [2.75, 3.05) is 6.61 Å². The highest BCUT2D eigenvalue weighted by atomic mass is 16.3. The lowest BCUT2D eigenvalue weighted by molar-refractivity contribution is -0.184. The summed E-state index contributed by atoms with van der Waals surface area (Å²) in [4.78, 5) is 13.1. The molecule has 98 valence electrons. The van der Waals surface area contributed by atoms with Gasteiger partial charge in [0.2, 0.25) is 0 Å². The van der Waals surface area contributed by atoms with Crippen LogP contribution in [0, 0.1) is 0 Å². The van der Waals surface area contributed by atoms with Crippen LogP contribution in [0.25, 0.3) is 0 Å². The average Bonchev–Trinajstić information content (AvgIpc) is 2.43. The molecule has 5 heteroatoms. The highest BCUT2D eigenvalue weighted by Crippen LogP contribution is 2.33. The van der Waals surface area contributed by atoms with Crippen LogP contribution in [0.5, 0.6) is 0 Å². The minimum atomic E-state index is -1.22. The minimum absolute atomic E-state index is 0.242. The Morgan fingerprint density at radius 3 is 2.50 bits per heavy atom. The first-order valence-corrected chi connectivity index (χ1v) is 5.92. The van der Waals surface area contributed by atoms with Crippen LogP contribution in [0.15, 0.2) is 30.3 Å². The van der Waals surface area contributed by atoms with E-state index in [2.05, 4.69) is 0 Å². The molecule has 2 rings (SSSR count). The van der Waals surface area contributed by atoms with Crippen molar-refractivity contribution in [3.8, 4) is 0 Å². The molecule has 18 heavy (non-hydrogen) atoms. The summed E-state index contributed by atoms with van der Waals surface area (Å²) < 4.78 is 0. The van der Waals surface area contributed by atoms with Crippen LogP contribution in [-0.4, -0.2) is 51.0 Å². The van der Waals surface area contributed by atoms with Gasteiger partial charge in [-0.1, -0.05) is 30.3 Å². The van der Waals surface area contributed by atoms with Crippen LogP contribution in [0.3, 0.4) is 0 Å². The van der Waals surface area contributed by atoms with E-state index in [0.29, 0.717) is 0 Å². The van der Waals surface area contributed by atoms with E-state index < -0.39 is 30.8 Å². The van der Waals surface area contributed by atoms with Gasteiger partial charge in [-0.25, -0.2) is 0 Å². The number of amides is 1. The normalized spacial score (nSPS) is 26.7. The van der Waals surface area contributed by atoms with Crippen LogP contribution in [-0.2, 0) is 4.79 Å². The molecule has 0 saturated carbocycles. The Hall–Kier alpha value is -1.43. The van der Waals surface area contributed by atoms with E-state index >= 15 is 0 Å². The number of hydrogen-bond donors (Lipinski definition) is 3. The summed E-state index contributed by atoms with van der Waals surface area (Å²) in [5.41, 5.74) is 0.924. The standard InChI is InChI=1S/C13H17NO4/c1-8(9-5-3-2-4-6-9)14-11(10(16)7-15)12(17)13(14)18/h2-6,8,10-12,15-17H,7H2,1H3/t8-,10+,11-,12+/m1/s1. The maximum Gasteiger partial charge on any atom is 0.254 e. The fourth-order valence-electron chi connectivity index (χ4n) is 2.36. The molecule has 5 nitrogen and oxygen atoms in total. The molecular formula is C13H17NO4. The van der Waals surface area contributed by atoms with Gasteiger partial charge in [0.25, 0.3) is 5.91 Å². The van der Waals surface area contributed by atoms with E-state index in [1.165, 1.54) is 4.90 Å². The number of aliphatic hydroxyl groups is 3. The summed E-state index contributed by atoms with van der Waals surface area (Å²) in [6.07, 6.45) is -2.35. The minimum Gasteiger partial charge on any atom is -0.394 e. The van der Waals surface area contributed by atoms with Crippen LogP contribution in [0.2, 0.25) is 0 Å². The van der Waals surface area contributed by atoms with Crippen molar-refractivity contribution in [2.24, 2.45) is 0 Å². The number of β-lactam (4-membered cyclic amide) rings is 1. The second-order valence-electron chi connectivity index (χ2n) is 4.52. The Bertz CT molecular complexity index is 422. The highest BCUT2D eigenvalue weighted by molar-refractivity contribution is 5.88. The van der Waals surface area contributed by atoms with Gasteiger partial charge in [-0.05, 0) is 12.5 Å². The Balaban J connectivity index is 2.19. The zero-order chi connectivity index (χ0) is 13.3. The second kappa shape index (κ2) is 5.06. The number of likely N-dealkylation sites (tertiary alicyclic amines) is 1. The SMILES string of the molecule is C[C@H](c1ccccc1)N1C(=O)[C@@H](O)[C@H]1[C@@H](O)CO. The van der Waals surface area contributed by atoms with Crippen LogP contribution in [0.1, 0.15) is 18.5 Å². The van der Waals surface area contributed by atoms with Crippen molar-refractivity contribution in [1.29, 1.82) is 0 Å². The number of carbonyl (C=O) groups is 1. The van der Waals surface area contributed by atoms with Gasteiger partial charge in [0.05, 0.1) is 18.7 Å². The summed E-state index contributed by atoms with van der Waals surface area (Å²) in [6.45, 7) is 1.35. The fourth-order valence-corrected chi connectivity index (χ4v) is 2.36. The van der Waals surface area contributed by atoms with Crippen molar-refractivity contribution >= 4 is 5.91 Å². The van der Waals surface area contributed by atoms with E-state index in [1.807, 2.05) is 37.3 Å². The number of carbonyl (C=O) groups excluding carboxylic acids is 1. The predicted octanol–water partition coefficient (Wildman–Crippen LogP) is -0.327. The first kappa shape index (κ1) is 13.0. The van der Waals surface area contributed by atoms with Crippen molar-refractivity contribution in [1.82, 2.24) is 4.90 Å². The Morgan fingerprint density at radius 2 is 1.94 bits per heavy atom. The summed E-state index contributed by atoms with van der Waals surface area (Å²) in [6, 6.07) is 8.39. The number of hydrogen-bond acceptors (Lipinski definition) is 4. The zero-order valence-electron chi connectivity index (χ0n) is 10.1. The van der Waals surface area contributed by atoms with Crippen molar-refractivity contribution in [3.63, 3.8) is 0 Å². The van der Waals surface area contributed by atoms with Crippen LogP contribution >= 0.6 is 0 Å². The van der Waals surface area contributed by atoms with Gasteiger partial charge in [-0.15, -0.1) is 0 Å². The Morgan fingerprint density at radius 1 is 1.33 bits per heavy atom. The molecule has 4 atom stereocenters. The molecule has 0 radical (unpaired) electrons. The molecule has 0 bridgehead atoms. The Labute approximate surface area is 105 Å². The lowest BCUT2D eigenvalue weighted by Crippen LogP contribution is -2.69. The van der Waals surface area contributed by atoms with E-state index in [9.17, 15) is 15.0 Å². The van der Waals surface area contributed by atoms with E-state index in [1.54, 1.807) is 0 Å².